The molecule has 3 aromatic carbocycles. The number of methoxy groups -OCH3 is 1. The second-order valence-corrected chi connectivity index (χ2v) is 9.32. The summed E-state index contributed by atoms with van der Waals surface area (Å²) in [6.45, 7) is 4.30. The van der Waals surface area contributed by atoms with Gasteiger partial charge in [0, 0.05) is 28.8 Å². The van der Waals surface area contributed by atoms with Gasteiger partial charge in [0.2, 0.25) is 0 Å². The van der Waals surface area contributed by atoms with Gasteiger partial charge in [0.25, 0.3) is 0 Å². The molecule has 4 aromatic rings. The molecule has 6 heteroatoms. The Bertz CT molecular complexity index is 1380. The van der Waals surface area contributed by atoms with Crippen LogP contribution >= 0.6 is 0 Å². The van der Waals surface area contributed by atoms with Gasteiger partial charge < -0.3 is 10.1 Å². The average molecular weight is 474 g/mol. The number of nitrogens with one attached hydrogen (secondary N) is 1. The third-order valence-corrected chi connectivity index (χ3v) is 7.22. The van der Waals surface area contributed by atoms with Gasteiger partial charge in [-0.2, -0.15) is 0 Å². The molecule has 0 aliphatic heterocycles. The maximum Gasteiger partial charge on any atom is 0.141 e. The molecule has 0 saturated heterocycles. The maximum absolute atomic E-state index is 14.6. The van der Waals surface area contributed by atoms with Crippen molar-refractivity contribution in [2.45, 2.75) is 51.4 Å². The molecule has 1 aromatic heterocycles. The Kier molecular flexibility index (Phi) is 6.37. The van der Waals surface area contributed by atoms with Crippen LogP contribution in [0.1, 0.15) is 62.5 Å². The van der Waals surface area contributed by atoms with E-state index in [-0.39, 0.29) is 5.92 Å². The fraction of sp³-hybridized carbons (Fsp3) is 0.310. The van der Waals surface area contributed by atoms with E-state index in [1.165, 1.54) is 24.1 Å². The molecular weight excluding hydrogens is 444 g/mol. The first kappa shape index (κ1) is 23.2. The van der Waals surface area contributed by atoms with Gasteiger partial charge in [-0.3, -0.25) is 0 Å². The van der Waals surface area contributed by atoms with Crippen molar-refractivity contribution in [1.29, 1.82) is 0 Å². The highest BCUT2D eigenvalue weighted by Crippen LogP contribution is 2.43. The number of rotatable bonds is 7. The number of hydrogen-bond acceptors (Lipinski definition) is 4. The molecule has 1 unspecified atom stereocenters. The molecule has 180 valence electrons. The molecule has 1 fully saturated rings. The number of ether oxygens (including phenoxy) is 1. The number of benzene rings is 3. The molecule has 0 spiro atoms. The Balaban J connectivity index is 1.62. The summed E-state index contributed by atoms with van der Waals surface area (Å²) < 4.78 is 33.7. The van der Waals surface area contributed by atoms with Gasteiger partial charge >= 0.3 is 0 Å². The summed E-state index contributed by atoms with van der Waals surface area (Å²) in [5, 5.41) is 4.44. The van der Waals surface area contributed by atoms with Crippen molar-refractivity contribution in [1.82, 2.24) is 9.97 Å². The van der Waals surface area contributed by atoms with Gasteiger partial charge in [0.05, 0.1) is 12.6 Å². The van der Waals surface area contributed by atoms with E-state index >= 15 is 0 Å². The van der Waals surface area contributed by atoms with Gasteiger partial charge in [-0.05, 0) is 72.1 Å². The molecule has 1 aliphatic rings. The average Bonchev–Trinajstić information content (AvgIpc) is 2.82. The van der Waals surface area contributed by atoms with Crippen LogP contribution in [0.3, 0.4) is 0 Å². The van der Waals surface area contributed by atoms with Crippen molar-refractivity contribution in [3.05, 3.63) is 77.6 Å². The van der Waals surface area contributed by atoms with Gasteiger partial charge in [0.15, 0.2) is 0 Å². The summed E-state index contributed by atoms with van der Waals surface area (Å²) in [6.07, 6.45) is 6.03. The lowest BCUT2D eigenvalue weighted by Gasteiger charge is -2.27. The van der Waals surface area contributed by atoms with E-state index in [4.69, 9.17) is 4.74 Å². The highest BCUT2D eigenvalue weighted by Gasteiger charge is 2.24. The number of anilines is 2. The van der Waals surface area contributed by atoms with Crippen LogP contribution < -0.4 is 10.1 Å². The van der Waals surface area contributed by atoms with Gasteiger partial charge in [-0.1, -0.05) is 32.4 Å². The Labute approximate surface area is 204 Å². The quantitative estimate of drug-likeness (QED) is 0.294. The van der Waals surface area contributed by atoms with Crippen molar-refractivity contribution in [3.8, 4) is 16.9 Å². The van der Waals surface area contributed by atoms with Crippen LogP contribution in [0.15, 0.2) is 54.9 Å². The fourth-order valence-corrected chi connectivity index (χ4v) is 4.75. The standard InChI is InChI=1S/C29H29F2N3O/c1-4-17(2)21-10-8-19(22-11-9-20(30)13-25(22)31)12-27(21)34-29-24-14-23(18-6-5-7-18)28(35-3)15-26(24)32-16-33-29/h8-18H,4-7H2,1-3H3,(H,32,33,34). The van der Waals surface area contributed by atoms with Crippen LogP contribution in [-0.4, -0.2) is 17.1 Å². The molecule has 0 bridgehead atoms. The second kappa shape index (κ2) is 9.61. The van der Waals surface area contributed by atoms with Crippen LogP contribution in [0.4, 0.5) is 20.3 Å². The minimum atomic E-state index is -0.592. The minimum Gasteiger partial charge on any atom is -0.496 e. The van der Waals surface area contributed by atoms with Crippen molar-refractivity contribution < 1.29 is 13.5 Å². The molecule has 4 nitrogen and oxygen atoms in total. The van der Waals surface area contributed by atoms with E-state index in [0.29, 0.717) is 22.9 Å². The first-order valence-electron chi connectivity index (χ1n) is 12.2. The third-order valence-electron chi connectivity index (χ3n) is 7.22. The molecule has 1 aliphatic carbocycles. The van der Waals surface area contributed by atoms with Crippen LogP contribution in [0, 0.1) is 11.6 Å². The van der Waals surface area contributed by atoms with Gasteiger partial charge in [-0.15, -0.1) is 0 Å². The highest BCUT2D eigenvalue weighted by molar-refractivity contribution is 5.93. The van der Waals surface area contributed by atoms with Crippen molar-refractivity contribution in [2.24, 2.45) is 0 Å². The molecular formula is C29H29F2N3O. The van der Waals surface area contributed by atoms with E-state index in [1.54, 1.807) is 13.4 Å². The lowest BCUT2D eigenvalue weighted by Crippen LogP contribution is -2.10. The summed E-state index contributed by atoms with van der Waals surface area (Å²) in [5.41, 5.74) is 4.98. The van der Waals surface area contributed by atoms with Gasteiger partial charge in [0.1, 0.15) is 29.5 Å². The fourth-order valence-electron chi connectivity index (χ4n) is 4.75. The predicted octanol–water partition coefficient (Wildman–Crippen LogP) is 8.11. The number of aromatic nitrogens is 2. The number of hydrogen-bond donors (Lipinski definition) is 1. The van der Waals surface area contributed by atoms with Crippen LogP contribution in [0.5, 0.6) is 5.75 Å². The molecule has 5 rings (SSSR count). The summed E-state index contributed by atoms with van der Waals surface area (Å²) in [7, 11) is 1.70. The third kappa shape index (κ3) is 4.45. The Morgan fingerprint density at radius 2 is 1.89 bits per heavy atom. The van der Waals surface area contributed by atoms with Crippen LogP contribution in [0.2, 0.25) is 0 Å². The van der Waals surface area contributed by atoms with Crippen molar-refractivity contribution in [3.63, 3.8) is 0 Å². The predicted molar refractivity (Wildman–Crippen MR) is 136 cm³/mol. The largest absolute Gasteiger partial charge is 0.496 e. The Morgan fingerprint density at radius 1 is 1.06 bits per heavy atom. The zero-order valence-corrected chi connectivity index (χ0v) is 20.2. The SMILES string of the molecule is CCC(C)c1ccc(-c2ccc(F)cc2F)cc1Nc1ncnc2cc(OC)c(C3CCC3)cc12. The molecule has 0 amide bonds. The van der Waals surface area contributed by atoms with E-state index < -0.39 is 11.6 Å². The van der Waals surface area contributed by atoms with Crippen LogP contribution in [0.25, 0.3) is 22.0 Å². The zero-order valence-electron chi connectivity index (χ0n) is 20.2. The van der Waals surface area contributed by atoms with Crippen molar-refractivity contribution >= 4 is 22.4 Å². The first-order valence-corrected chi connectivity index (χ1v) is 12.2. The molecule has 1 atom stereocenters. The van der Waals surface area contributed by atoms with E-state index in [0.717, 1.165) is 53.2 Å². The molecule has 0 radical (unpaired) electrons. The maximum atomic E-state index is 14.6. The van der Waals surface area contributed by atoms with E-state index in [9.17, 15) is 8.78 Å². The molecule has 35 heavy (non-hydrogen) atoms. The van der Waals surface area contributed by atoms with E-state index in [2.05, 4.69) is 35.2 Å². The lowest BCUT2D eigenvalue weighted by atomic mass is 9.79. The van der Waals surface area contributed by atoms with Gasteiger partial charge in [-0.25, -0.2) is 18.7 Å². The molecule has 1 saturated carbocycles. The molecule has 1 N–H and O–H groups in total. The van der Waals surface area contributed by atoms with E-state index in [1.807, 2.05) is 24.3 Å². The highest BCUT2D eigenvalue weighted by atomic mass is 19.1. The normalized spacial score (nSPS) is 14.5. The summed E-state index contributed by atoms with van der Waals surface area (Å²) >= 11 is 0. The molecule has 1 heterocycles. The zero-order chi connectivity index (χ0) is 24.5. The Hall–Kier alpha value is -3.54. The number of nitrogens with zero attached hydrogens (tertiary/aromatic N) is 2. The first-order chi connectivity index (χ1) is 17.0. The lowest BCUT2D eigenvalue weighted by molar-refractivity contribution is 0.374. The topological polar surface area (TPSA) is 47.0 Å². The smallest absolute Gasteiger partial charge is 0.141 e. The van der Waals surface area contributed by atoms with Crippen LogP contribution in [-0.2, 0) is 0 Å². The minimum absolute atomic E-state index is 0.281. The summed E-state index contributed by atoms with van der Waals surface area (Å²) in [4.78, 5) is 9.05. The van der Waals surface area contributed by atoms with Crippen molar-refractivity contribution in [2.75, 3.05) is 12.4 Å². The monoisotopic (exact) mass is 473 g/mol. The Morgan fingerprint density at radius 3 is 2.57 bits per heavy atom. The number of fused-ring (bicyclic) bond motifs is 1. The number of halogens is 2. The summed E-state index contributed by atoms with van der Waals surface area (Å²) in [6, 6.07) is 13.6. The summed E-state index contributed by atoms with van der Waals surface area (Å²) in [5.74, 6) is 1.15. The second-order valence-electron chi connectivity index (χ2n) is 9.32.